The maximum absolute atomic E-state index is 12.3. The number of benzene rings is 1. The van der Waals surface area contributed by atoms with E-state index in [1.54, 1.807) is 19.3 Å². The molecule has 0 aliphatic heterocycles. The number of hydrogen-bond acceptors (Lipinski definition) is 3. The lowest BCUT2D eigenvalue weighted by Gasteiger charge is -2.11. The van der Waals surface area contributed by atoms with Gasteiger partial charge in [-0.2, -0.15) is 0 Å². The fraction of sp³-hybridized carbons (Fsp3) is 0.250. The molecule has 1 aromatic heterocycles. The smallest absolute Gasteiger partial charge is 0.263 e. The van der Waals surface area contributed by atoms with Gasteiger partial charge in [0.25, 0.3) is 11.5 Å². The third-order valence-corrected chi connectivity index (χ3v) is 3.20. The van der Waals surface area contributed by atoms with Gasteiger partial charge >= 0.3 is 0 Å². The number of aryl methyl sites for hydroxylation is 1. The highest BCUT2D eigenvalue weighted by atomic mass is 35.5. The van der Waals surface area contributed by atoms with E-state index in [0.717, 1.165) is 12.1 Å². The normalized spacial score (nSPS) is 9.91. The summed E-state index contributed by atoms with van der Waals surface area (Å²) >= 11 is 0. The Morgan fingerprint density at radius 3 is 2.64 bits per heavy atom. The van der Waals surface area contributed by atoms with Crippen LogP contribution in [0.5, 0.6) is 0 Å². The van der Waals surface area contributed by atoms with Gasteiger partial charge in [-0.1, -0.05) is 25.1 Å². The highest BCUT2D eigenvalue weighted by Gasteiger charge is 2.12. The summed E-state index contributed by atoms with van der Waals surface area (Å²) in [4.78, 5) is 24.2. The zero-order chi connectivity index (χ0) is 15.2. The van der Waals surface area contributed by atoms with E-state index in [1.807, 2.05) is 31.2 Å². The summed E-state index contributed by atoms with van der Waals surface area (Å²) < 4.78 is 1.39. The average molecular weight is 322 g/mol. The quantitative estimate of drug-likeness (QED) is 0.887. The fourth-order valence-electron chi connectivity index (χ4n) is 2.02. The van der Waals surface area contributed by atoms with Crippen molar-refractivity contribution in [3.63, 3.8) is 0 Å². The van der Waals surface area contributed by atoms with Crippen LogP contribution in [-0.4, -0.2) is 17.0 Å². The fourth-order valence-corrected chi connectivity index (χ4v) is 2.02. The summed E-state index contributed by atoms with van der Waals surface area (Å²) in [6.07, 6.45) is 1.62. The van der Waals surface area contributed by atoms with Gasteiger partial charge in [-0.15, -0.1) is 12.4 Å². The predicted molar refractivity (Wildman–Crippen MR) is 90.7 cm³/mol. The van der Waals surface area contributed by atoms with Gasteiger partial charge in [0.05, 0.1) is 0 Å². The van der Waals surface area contributed by atoms with Gasteiger partial charge in [-0.3, -0.25) is 9.59 Å². The largest absolute Gasteiger partial charge is 0.322 e. The average Bonchev–Trinajstić information content (AvgIpc) is 2.49. The maximum atomic E-state index is 12.3. The minimum Gasteiger partial charge on any atom is -0.322 e. The molecule has 0 radical (unpaired) electrons. The zero-order valence-electron chi connectivity index (χ0n) is 12.6. The molecule has 0 saturated heterocycles. The van der Waals surface area contributed by atoms with Crippen LogP contribution in [0.3, 0.4) is 0 Å². The third-order valence-electron chi connectivity index (χ3n) is 3.20. The van der Waals surface area contributed by atoms with Crippen LogP contribution in [-0.2, 0) is 13.6 Å². The van der Waals surface area contributed by atoms with Gasteiger partial charge in [0, 0.05) is 25.5 Å². The summed E-state index contributed by atoms with van der Waals surface area (Å²) in [7, 11) is 1.62. The summed E-state index contributed by atoms with van der Waals surface area (Å²) in [5.41, 5.74) is 1.53. The Hall–Kier alpha value is -2.11. The molecule has 1 heterocycles. The van der Waals surface area contributed by atoms with Crippen molar-refractivity contribution in [2.45, 2.75) is 13.5 Å². The third kappa shape index (κ3) is 4.19. The number of carbonyl (C=O) groups excluding carboxylic acids is 1. The van der Waals surface area contributed by atoms with Crippen LogP contribution < -0.4 is 16.2 Å². The van der Waals surface area contributed by atoms with Gasteiger partial charge in [-0.05, 0) is 30.3 Å². The van der Waals surface area contributed by atoms with Crippen molar-refractivity contribution in [3.8, 4) is 0 Å². The highest BCUT2D eigenvalue weighted by Crippen LogP contribution is 2.15. The van der Waals surface area contributed by atoms with E-state index in [4.69, 9.17) is 0 Å². The molecular weight excluding hydrogens is 302 g/mol. The Labute approximate surface area is 135 Å². The molecule has 1 amide bonds. The monoisotopic (exact) mass is 321 g/mol. The second-order valence-electron chi connectivity index (χ2n) is 4.73. The number of aromatic nitrogens is 1. The van der Waals surface area contributed by atoms with E-state index in [0.29, 0.717) is 12.2 Å². The molecule has 0 aliphatic rings. The topological polar surface area (TPSA) is 63.1 Å². The van der Waals surface area contributed by atoms with Crippen molar-refractivity contribution in [1.29, 1.82) is 0 Å². The molecule has 0 spiro atoms. The molecule has 1 aromatic carbocycles. The Kier molecular flexibility index (Phi) is 6.82. The number of carbonyl (C=O) groups is 1. The Balaban J connectivity index is 0.00000242. The SMILES string of the molecule is CCNCc1ccccc1NC(=O)c1cccn(C)c1=O.Cl. The summed E-state index contributed by atoms with van der Waals surface area (Å²) in [5, 5.41) is 6.03. The van der Waals surface area contributed by atoms with Gasteiger partial charge in [0.1, 0.15) is 5.56 Å². The first kappa shape index (κ1) is 17.9. The molecule has 0 aliphatic carbocycles. The number of halogens is 1. The molecule has 2 N–H and O–H groups in total. The van der Waals surface area contributed by atoms with Crippen LogP contribution in [0.25, 0.3) is 0 Å². The summed E-state index contributed by atoms with van der Waals surface area (Å²) in [6, 6.07) is 10.8. The number of para-hydroxylation sites is 1. The number of pyridine rings is 1. The molecule has 5 nitrogen and oxygen atoms in total. The Morgan fingerprint density at radius 2 is 1.91 bits per heavy atom. The molecule has 0 atom stereocenters. The molecule has 22 heavy (non-hydrogen) atoms. The van der Waals surface area contributed by atoms with E-state index in [1.165, 1.54) is 10.6 Å². The van der Waals surface area contributed by atoms with Crippen molar-refractivity contribution in [2.24, 2.45) is 7.05 Å². The number of hydrogen-bond donors (Lipinski definition) is 2. The first-order chi connectivity index (χ1) is 10.1. The van der Waals surface area contributed by atoms with Gasteiger partial charge in [0.15, 0.2) is 0 Å². The lowest BCUT2D eigenvalue weighted by atomic mass is 10.1. The maximum Gasteiger partial charge on any atom is 0.263 e. The molecular formula is C16H20ClN3O2. The van der Waals surface area contributed by atoms with E-state index >= 15 is 0 Å². The van der Waals surface area contributed by atoms with Gasteiger partial charge < -0.3 is 15.2 Å². The minimum atomic E-state index is -0.389. The van der Waals surface area contributed by atoms with Crippen molar-refractivity contribution in [1.82, 2.24) is 9.88 Å². The molecule has 2 aromatic rings. The second kappa shape index (κ2) is 8.36. The Bertz CT molecular complexity index is 698. The molecule has 0 saturated carbocycles. The molecule has 0 bridgehead atoms. The van der Waals surface area contributed by atoms with E-state index in [-0.39, 0.29) is 29.4 Å². The number of nitrogens with one attached hydrogen (secondary N) is 2. The summed E-state index contributed by atoms with van der Waals surface area (Å²) in [5.74, 6) is -0.389. The Morgan fingerprint density at radius 1 is 1.18 bits per heavy atom. The second-order valence-corrected chi connectivity index (χ2v) is 4.73. The first-order valence-corrected chi connectivity index (χ1v) is 6.89. The zero-order valence-corrected chi connectivity index (χ0v) is 13.4. The molecule has 0 fully saturated rings. The lowest BCUT2D eigenvalue weighted by molar-refractivity contribution is 0.102. The van der Waals surface area contributed by atoms with Crippen molar-refractivity contribution < 1.29 is 4.79 Å². The molecule has 2 rings (SSSR count). The van der Waals surface area contributed by atoms with Crippen molar-refractivity contribution in [2.75, 3.05) is 11.9 Å². The van der Waals surface area contributed by atoms with Crippen LogP contribution in [0.1, 0.15) is 22.8 Å². The molecule has 0 unspecified atom stereocenters. The molecule has 118 valence electrons. The van der Waals surface area contributed by atoms with Crippen LogP contribution in [0.4, 0.5) is 5.69 Å². The minimum absolute atomic E-state index is 0. The van der Waals surface area contributed by atoms with E-state index < -0.39 is 0 Å². The lowest BCUT2D eigenvalue weighted by Crippen LogP contribution is -2.27. The van der Waals surface area contributed by atoms with Gasteiger partial charge in [-0.25, -0.2) is 0 Å². The number of anilines is 1. The highest BCUT2D eigenvalue weighted by molar-refractivity contribution is 6.04. The predicted octanol–water partition coefficient (Wildman–Crippen LogP) is 2.17. The van der Waals surface area contributed by atoms with Crippen LogP contribution in [0.15, 0.2) is 47.4 Å². The van der Waals surface area contributed by atoms with Crippen LogP contribution >= 0.6 is 12.4 Å². The van der Waals surface area contributed by atoms with E-state index in [2.05, 4.69) is 10.6 Å². The van der Waals surface area contributed by atoms with Crippen LogP contribution in [0.2, 0.25) is 0 Å². The van der Waals surface area contributed by atoms with Gasteiger partial charge in [0.2, 0.25) is 0 Å². The van der Waals surface area contributed by atoms with Crippen molar-refractivity contribution >= 4 is 24.0 Å². The van der Waals surface area contributed by atoms with Crippen LogP contribution in [0, 0.1) is 0 Å². The number of amides is 1. The van der Waals surface area contributed by atoms with Crippen molar-refractivity contribution in [3.05, 3.63) is 64.1 Å². The van der Waals surface area contributed by atoms with E-state index in [9.17, 15) is 9.59 Å². The number of rotatable bonds is 5. The summed E-state index contributed by atoms with van der Waals surface area (Å²) in [6.45, 7) is 3.54. The molecule has 6 heteroatoms. The first-order valence-electron chi connectivity index (χ1n) is 6.89. The number of nitrogens with zero attached hydrogens (tertiary/aromatic N) is 1. The standard InChI is InChI=1S/C16H19N3O2.ClH/c1-3-17-11-12-7-4-5-9-14(12)18-15(20)13-8-6-10-19(2)16(13)21;/h4-10,17H,3,11H2,1-2H3,(H,18,20);1H.